The Bertz CT molecular complexity index is 534. The van der Waals surface area contributed by atoms with Gasteiger partial charge in [-0.1, -0.05) is 19.0 Å². The van der Waals surface area contributed by atoms with Crippen LogP contribution in [0, 0.1) is 6.92 Å². The van der Waals surface area contributed by atoms with Gasteiger partial charge in [0.1, 0.15) is 5.01 Å². The summed E-state index contributed by atoms with van der Waals surface area (Å²) in [4.78, 5) is 8.88. The van der Waals surface area contributed by atoms with E-state index in [-0.39, 0.29) is 18.0 Å². The van der Waals surface area contributed by atoms with E-state index in [0.717, 1.165) is 16.5 Å². The van der Waals surface area contributed by atoms with E-state index in [2.05, 4.69) is 32.7 Å². The smallest absolute Gasteiger partial charge is 0.243 e. The maximum absolute atomic E-state index is 5.29. The quantitative estimate of drug-likeness (QED) is 0.909. The van der Waals surface area contributed by atoms with Gasteiger partial charge < -0.3 is 4.52 Å². The molecule has 104 valence electrons. The van der Waals surface area contributed by atoms with Gasteiger partial charge in [-0.3, -0.25) is 5.32 Å². The van der Waals surface area contributed by atoms with Crippen LogP contribution < -0.4 is 5.32 Å². The molecule has 0 fully saturated rings. The number of nitrogens with one attached hydrogen (secondary N) is 1. The Balaban J connectivity index is 2.01. The SMILES string of the molecule is Cc1csc([C@H](C)N[C@@H](C)c2nc(C(C)C)no2)n1. The second-order valence-corrected chi connectivity index (χ2v) is 5.97. The summed E-state index contributed by atoms with van der Waals surface area (Å²) in [6.07, 6.45) is 0. The predicted molar refractivity (Wildman–Crippen MR) is 75.2 cm³/mol. The molecule has 2 heterocycles. The maximum Gasteiger partial charge on any atom is 0.243 e. The minimum absolute atomic E-state index is 0.0132. The number of aromatic nitrogens is 3. The molecular weight excluding hydrogens is 260 g/mol. The van der Waals surface area contributed by atoms with Crippen LogP contribution in [0.3, 0.4) is 0 Å². The van der Waals surface area contributed by atoms with Gasteiger partial charge in [-0.05, 0) is 20.8 Å². The average molecular weight is 280 g/mol. The zero-order chi connectivity index (χ0) is 14.0. The van der Waals surface area contributed by atoms with Gasteiger partial charge in [0.25, 0.3) is 0 Å². The molecule has 0 aromatic carbocycles. The molecular formula is C13H20N4OS. The molecule has 6 heteroatoms. The van der Waals surface area contributed by atoms with Crippen molar-refractivity contribution in [2.75, 3.05) is 0 Å². The lowest BCUT2D eigenvalue weighted by atomic mass is 10.2. The summed E-state index contributed by atoms with van der Waals surface area (Å²) < 4.78 is 5.29. The lowest BCUT2D eigenvalue weighted by Gasteiger charge is -2.14. The first-order chi connectivity index (χ1) is 8.97. The van der Waals surface area contributed by atoms with Crippen molar-refractivity contribution in [1.29, 1.82) is 0 Å². The van der Waals surface area contributed by atoms with Gasteiger partial charge in [0, 0.05) is 17.0 Å². The molecule has 2 atom stereocenters. The van der Waals surface area contributed by atoms with E-state index in [4.69, 9.17) is 4.52 Å². The van der Waals surface area contributed by atoms with Crippen LogP contribution in [0.2, 0.25) is 0 Å². The van der Waals surface area contributed by atoms with Crippen molar-refractivity contribution in [1.82, 2.24) is 20.4 Å². The first-order valence-corrected chi connectivity index (χ1v) is 7.37. The van der Waals surface area contributed by atoms with Crippen LogP contribution in [0.4, 0.5) is 0 Å². The van der Waals surface area contributed by atoms with Gasteiger partial charge in [0.05, 0.1) is 12.1 Å². The van der Waals surface area contributed by atoms with Crippen LogP contribution >= 0.6 is 11.3 Å². The number of rotatable bonds is 5. The lowest BCUT2D eigenvalue weighted by molar-refractivity contribution is 0.324. The largest absolute Gasteiger partial charge is 0.338 e. The fraction of sp³-hybridized carbons (Fsp3) is 0.615. The van der Waals surface area contributed by atoms with E-state index >= 15 is 0 Å². The average Bonchev–Trinajstić information content (AvgIpc) is 2.96. The van der Waals surface area contributed by atoms with Gasteiger partial charge in [-0.15, -0.1) is 11.3 Å². The molecule has 2 aromatic heterocycles. The molecule has 0 spiro atoms. The van der Waals surface area contributed by atoms with Crippen molar-refractivity contribution >= 4 is 11.3 Å². The van der Waals surface area contributed by atoms with Gasteiger partial charge in [0.15, 0.2) is 5.82 Å². The Hall–Kier alpha value is -1.27. The Morgan fingerprint density at radius 3 is 2.42 bits per heavy atom. The molecule has 0 saturated heterocycles. The molecule has 0 bridgehead atoms. The van der Waals surface area contributed by atoms with Crippen molar-refractivity contribution in [3.63, 3.8) is 0 Å². The van der Waals surface area contributed by atoms with Crippen LogP contribution in [0.5, 0.6) is 0 Å². The molecule has 0 radical (unpaired) electrons. The van der Waals surface area contributed by atoms with E-state index in [0.29, 0.717) is 5.89 Å². The van der Waals surface area contributed by atoms with E-state index in [1.54, 1.807) is 11.3 Å². The molecule has 2 aromatic rings. The Kier molecular flexibility index (Phi) is 4.31. The number of hydrogen-bond acceptors (Lipinski definition) is 6. The van der Waals surface area contributed by atoms with E-state index in [1.165, 1.54) is 0 Å². The maximum atomic E-state index is 5.29. The Morgan fingerprint density at radius 2 is 1.89 bits per heavy atom. The molecule has 0 unspecified atom stereocenters. The normalized spacial score (nSPS) is 14.8. The highest BCUT2D eigenvalue weighted by atomic mass is 32.1. The molecule has 0 saturated carbocycles. The highest BCUT2D eigenvalue weighted by molar-refractivity contribution is 7.09. The first kappa shape index (κ1) is 14.1. The van der Waals surface area contributed by atoms with Crippen molar-refractivity contribution in [3.05, 3.63) is 27.8 Å². The molecule has 0 aliphatic rings. The third kappa shape index (κ3) is 3.39. The second kappa shape index (κ2) is 5.79. The van der Waals surface area contributed by atoms with E-state index in [9.17, 15) is 0 Å². The van der Waals surface area contributed by atoms with Crippen LogP contribution in [-0.2, 0) is 0 Å². The molecule has 5 nitrogen and oxygen atoms in total. The standard InChI is InChI=1S/C13H20N4OS/c1-7(2)11-16-12(18-17-11)9(4)15-10(5)13-14-8(3)6-19-13/h6-7,9-10,15H,1-5H3/t9-,10-/m0/s1. The first-order valence-electron chi connectivity index (χ1n) is 6.49. The third-order valence-corrected chi connectivity index (χ3v) is 4.00. The van der Waals surface area contributed by atoms with Gasteiger partial charge >= 0.3 is 0 Å². The molecule has 0 aliphatic carbocycles. The molecule has 0 aliphatic heterocycles. The van der Waals surface area contributed by atoms with Crippen molar-refractivity contribution in [2.24, 2.45) is 0 Å². The van der Waals surface area contributed by atoms with Gasteiger partial charge in [-0.2, -0.15) is 4.98 Å². The summed E-state index contributed by atoms with van der Waals surface area (Å²) in [5, 5.41) is 10.5. The summed E-state index contributed by atoms with van der Waals surface area (Å²) in [5.41, 5.74) is 1.06. The summed E-state index contributed by atoms with van der Waals surface area (Å²) in [6.45, 7) is 10.2. The zero-order valence-electron chi connectivity index (χ0n) is 12.0. The predicted octanol–water partition coefficient (Wildman–Crippen LogP) is 3.37. The van der Waals surface area contributed by atoms with Crippen molar-refractivity contribution in [2.45, 2.75) is 52.6 Å². The summed E-state index contributed by atoms with van der Waals surface area (Å²) in [5.74, 6) is 1.66. The lowest BCUT2D eigenvalue weighted by Crippen LogP contribution is -2.22. The van der Waals surface area contributed by atoms with Crippen molar-refractivity contribution in [3.8, 4) is 0 Å². The summed E-state index contributed by atoms with van der Waals surface area (Å²) >= 11 is 1.66. The van der Waals surface area contributed by atoms with Crippen LogP contribution in [0.15, 0.2) is 9.90 Å². The summed E-state index contributed by atoms with van der Waals surface area (Å²) in [6, 6.07) is 0.183. The van der Waals surface area contributed by atoms with Gasteiger partial charge in [-0.25, -0.2) is 4.98 Å². The minimum atomic E-state index is 0.0132. The monoisotopic (exact) mass is 280 g/mol. The summed E-state index contributed by atoms with van der Waals surface area (Å²) in [7, 11) is 0. The van der Waals surface area contributed by atoms with E-state index < -0.39 is 0 Å². The Morgan fingerprint density at radius 1 is 1.16 bits per heavy atom. The zero-order valence-corrected chi connectivity index (χ0v) is 12.8. The number of hydrogen-bond donors (Lipinski definition) is 1. The fourth-order valence-corrected chi connectivity index (χ4v) is 2.56. The van der Waals surface area contributed by atoms with Crippen LogP contribution in [-0.4, -0.2) is 15.1 Å². The molecule has 1 N–H and O–H groups in total. The molecule has 2 rings (SSSR count). The highest BCUT2D eigenvalue weighted by Crippen LogP contribution is 2.22. The number of nitrogens with zero attached hydrogens (tertiary/aromatic N) is 3. The van der Waals surface area contributed by atoms with E-state index in [1.807, 2.05) is 27.7 Å². The molecule has 0 amide bonds. The number of thiazole rings is 1. The highest BCUT2D eigenvalue weighted by Gasteiger charge is 2.19. The topological polar surface area (TPSA) is 63.8 Å². The molecule has 19 heavy (non-hydrogen) atoms. The minimum Gasteiger partial charge on any atom is -0.338 e. The second-order valence-electron chi connectivity index (χ2n) is 5.08. The fourth-order valence-electron chi connectivity index (χ4n) is 1.75. The Labute approximate surface area is 117 Å². The van der Waals surface area contributed by atoms with Crippen LogP contribution in [0.25, 0.3) is 0 Å². The van der Waals surface area contributed by atoms with Gasteiger partial charge in [0.2, 0.25) is 5.89 Å². The van der Waals surface area contributed by atoms with Crippen LogP contribution in [0.1, 0.15) is 68.1 Å². The van der Waals surface area contributed by atoms with Crippen molar-refractivity contribution < 1.29 is 4.52 Å². The third-order valence-electron chi connectivity index (χ3n) is 2.85. The number of aryl methyl sites for hydroxylation is 1.